The molecule has 1 unspecified atom stereocenters. The molecule has 1 atom stereocenters. The molecule has 0 aliphatic heterocycles. The Morgan fingerprint density at radius 1 is 1.19 bits per heavy atom. The van der Waals surface area contributed by atoms with Crippen LogP contribution in [0.2, 0.25) is 0 Å². The zero-order valence-electron chi connectivity index (χ0n) is 13.3. The Bertz CT molecular complexity index is 410. The van der Waals surface area contributed by atoms with Crippen LogP contribution in [0, 0.1) is 10.8 Å². The number of hydrogen-bond donors (Lipinski definition) is 3. The first-order chi connectivity index (χ1) is 9.89. The van der Waals surface area contributed by atoms with Gasteiger partial charge in [0, 0.05) is 6.04 Å². The standard InChI is InChI=1S/C16H29N3O2/c1-15(2)10-7-12(11-15)18-14(20)16(13(17)19-21)8-5-3-4-6-9-16/h12,21H,3-11H2,1-2H3,(H2,17,19)(H,18,20). The maximum Gasteiger partial charge on any atom is 0.234 e. The van der Waals surface area contributed by atoms with Gasteiger partial charge in [-0.15, -0.1) is 0 Å². The number of hydrogen-bond acceptors (Lipinski definition) is 3. The van der Waals surface area contributed by atoms with Crippen LogP contribution in [-0.4, -0.2) is 23.0 Å². The molecule has 0 radical (unpaired) electrons. The summed E-state index contributed by atoms with van der Waals surface area (Å²) < 4.78 is 0. The fraction of sp³-hybridized carbons (Fsp3) is 0.875. The van der Waals surface area contributed by atoms with Crippen molar-refractivity contribution in [3.8, 4) is 0 Å². The first-order valence-corrected chi connectivity index (χ1v) is 8.19. The molecule has 2 rings (SSSR count). The lowest BCUT2D eigenvalue weighted by molar-refractivity contribution is -0.129. The van der Waals surface area contributed by atoms with Crippen LogP contribution in [0.3, 0.4) is 0 Å². The average Bonchev–Trinajstić information content (AvgIpc) is 2.67. The van der Waals surface area contributed by atoms with Crippen molar-refractivity contribution < 1.29 is 10.0 Å². The number of carbonyl (C=O) groups is 1. The van der Waals surface area contributed by atoms with Crippen LogP contribution < -0.4 is 11.1 Å². The third kappa shape index (κ3) is 3.50. The largest absolute Gasteiger partial charge is 0.409 e. The summed E-state index contributed by atoms with van der Waals surface area (Å²) in [6.45, 7) is 4.48. The van der Waals surface area contributed by atoms with E-state index >= 15 is 0 Å². The molecule has 21 heavy (non-hydrogen) atoms. The lowest BCUT2D eigenvalue weighted by Crippen LogP contribution is -2.52. The maximum absolute atomic E-state index is 12.9. The van der Waals surface area contributed by atoms with E-state index in [-0.39, 0.29) is 17.8 Å². The lowest BCUT2D eigenvalue weighted by atomic mass is 9.78. The molecule has 120 valence electrons. The highest BCUT2D eigenvalue weighted by Gasteiger charge is 2.44. The van der Waals surface area contributed by atoms with Gasteiger partial charge in [-0.05, 0) is 37.5 Å². The van der Waals surface area contributed by atoms with Gasteiger partial charge in [-0.3, -0.25) is 4.79 Å². The highest BCUT2D eigenvalue weighted by Crippen LogP contribution is 2.39. The summed E-state index contributed by atoms with van der Waals surface area (Å²) in [6.07, 6.45) is 8.67. The Labute approximate surface area is 127 Å². The second-order valence-electron chi connectivity index (χ2n) is 7.56. The van der Waals surface area contributed by atoms with Gasteiger partial charge in [0.2, 0.25) is 5.91 Å². The van der Waals surface area contributed by atoms with Crippen molar-refractivity contribution in [3.63, 3.8) is 0 Å². The molecule has 0 heterocycles. The molecule has 0 aromatic heterocycles. The van der Waals surface area contributed by atoms with E-state index < -0.39 is 5.41 Å². The van der Waals surface area contributed by atoms with Crippen molar-refractivity contribution in [3.05, 3.63) is 0 Å². The summed E-state index contributed by atoms with van der Waals surface area (Å²) in [6, 6.07) is 0.221. The fourth-order valence-corrected chi connectivity index (χ4v) is 3.91. The van der Waals surface area contributed by atoms with Gasteiger partial charge in [0.15, 0.2) is 5.84 Å². The maximum atomic E-state index is 12.9. The number of nitrogens with zero attached hydrogens (tertiary/aromatic N) is 1. The molecule has 2 aliphatic carbocycles. The van der Waals surface area contributed by atoms with Gasteiger partial charge < -0.3 is 16.3 Å². The Kier molecular flexibility index (Phi) is 4.79. The van der Waals surface area contributed by atoms with Crippen molar-refractivity contribution >= 4 is 11.7 Å². The molecule has 4 N–H and O–H groups in total. The number of amides is 1. The summed E-state index contributed by atoms with van der Waals surface area (Å²) >= 11 is 0. The summed E-state index contributed by atoms with van der Waals surface area (Å²) in [5, 5.41) is 15.5. The average molecular weight is 295 g/mol. The van der Waals surface area contributed by atoms with Gasteiger partial charge in [0.1, 0.15) is 5.41 Å². The molecular weight excluding hydrogens is 266 g/mol. The lowest BCUT2D eigenvalue weighted by Gasteiger charge is -2.31. The number of oxime groups is 1. The van der Waals surface area contributed by atoms with E-state index in [0.29, 0.717) is 18.3 Å². The minimum atomic E-state index is -0.808. The Balaban J connectivity index is 2.11. The molecule has 2 fully saturated rings. The molecule has 2 saturated carbocycles. The van der Waals surface area contributed by atoms with Crippen molar-refractivity contribution in [2.24, 2.45) is 21.7 Å². The molecule has 0 spiro atoms. The molecular formula is C16H29N3O2. The monoisotopic (exact) mass is 295 g/mol. The fourth-order valence-electron chi connectivity index (χ4n) is 3.91. The van der Waals surface area contributed by atoms with E-state index in [4.69, 9.17) is 10.9 Å². The first-order valence-electron chi connectivity index (χ1n) is 8.19. The summed E-state index contributed by atoms with van der Waals surface area (Å²) in [5.74, 6) is 0.0431. The van der Waals surface area contributed by atoms with Gasteiger partial charge in [-0.1, -0.05) is 44.7 Å². The van der Waals surface area contributed by atoms with Crippen molar-refractivity contribution in [1.29, 1.82) is 0 Å². The predicted octanol–water partition coefficient (Wildman–Crippen LogP) is 2.77. The van der Waals surface area contributed by atoms with Crippen molar-refractivity contribution in [2.45, 2.75) is 77.7 Å². The Hall–Kier alpha value is -1.26. The minimum Gasteiger partial charge on any atom is -0.409 e. The van der Waals surface area contributed by atoms with Crippen LogP contribution >= 0.6 is 0 Å². The van der Waals surface area contributed by atoms with Crippen molar-refractivity contribution in [2.75, 3.05) is 0 Å². The second kappa shape index (κ2) is 6.24. The van der Waals surface area contributed by atoms with Gasteiger partial charge in [-0.2, -0.15) is 0 Å². The molecule has 5 heteroatoms. The number of carbonyl (C=O) groups excluding carboxylic acids is 1. The molecule has 5 nitrogen and oxygen atoms in total. The van der Waals surface area contributed by atoms with Crippen molar-refractivity contribution in [1.82, 2.24) is 5.32 Å². The smallest absolute Gasteiger partial charge is 0.234 e. The van der Waals surface area contributed by atoms with Crippen LogP contribution in [0.5, 0.6) is 0 Å². The van der Waals surface area contributed by atoms with Crippen LogP contribution in [-0.2, 0) is 4.79 Å². The molecule has 2 aliphatic rings. The number of nitrogens with two attached hydrogens (primary N) is 1. The molecule has 0 aromatic carbocycles. The number of amidine groups is 1. The van der Waals surface area contributed by atoms with E-state index in [2.05, 4.69) is 24.3 Å². The van der Waals surface area contributed by atoms with E-state index in [9.17, 15) is 4.79 Å². The Morgan fingerprint density at radius 2 is 1.81 bits per heavy atom. The third-order valence-electron chi connectivity index (χ3n) is 5.29. The van der Waals surface area contributed by atoms with Crippen LogP contribution in [0.1, 0.15) is 71.6 Å². The van der Waals surface area contributed by atoms with Crippen LogP contribution in [0.15, 0.2) is 5.16 Å². The zero-order valence-corrected chi connectivity index (χ0v) is 13.3. The molecule has 0 saturated heterocycles. The highest BCUT2D eigenvalue weighted by atomic mass is 16.4. The third-order valence-corrected chi connectivity index (χ3v) is 5.29. The first kappa shape index (κ1) is 16.1. The quantitative estimate of drug-likeness (QED) is 0.246. The van der Waals surface area contributed by atoms with E-state index in [1.54, 1.807) is 0 Å². The topological polar surface area (TPSA) is 87.7 Å². The van der Waals surface area contributed by atoms with Gasteiger partial charge in [0.25, 0.3) is 0 Å². The predicted molar refractivity (Wildman–Crippen MR) is 83.1 cm³/mol. The van der Waals surface area contributed by atoms with Crippen LogP contribution in [0.25, 0.3) is 0 Å². The summed E-state index contributed by atoms with van der Waals surface area (Å²) in [7, 11) is 0. The minimum absolute atomic E-state index is 0.0394. The summed E-state index contributed by atoms with van der Waals surface area (Å²) in [4.78, 5) is 12.9. The normalized spacial score (nSPS) is 28.9. The SMILES string of the molecule is CC1(C)CCC(NC(=O)C2(C(N)=NO)CCCCCC2)C1. The zero-order chi connectivity index (χ0) is 15.5. The van der Waals surface area contributed by atoms with Gasteiger partial charge >= 0.3 is 0 Å². The van der Waals surface area contributed by atoms with E-state index in [1.165, 1.54) is 0 Å². The highest BCUT2D eigenvalue weighted by molar-refractivity contribution is 6.06. The molecule has 0 bridgehead atoms. The second-order valence-corrected chi connectivity index (χ2v) is 7.56. The van der Waals surface area contributed by atoms with Crippen LogP contribution in [0.4, 0.5) is 0 Å². The number of rotatable bonds is 3. The molecule has 0 aromatic rings. The van der Waals surface area contributed by atoms with Gasteiger partial charge in [-0.25, -0.2) is 0 Å². The summed E-state index contributed by atoms with van der Waals surface area (Å²) in [5.41, 5.74) is 5.41. The molecule has 1 amide bonds. The van der Waals surface area contributed by atoms with E-state index in [0.717, 1.165) is 44.9 Å². The Morgan fingerprint density at radius 3 is 2.29 bits per heavy atom. The van der Waals surface area contributed by atoms with E-state index in [1.807, 2.05) is 0 Å². The van der Waals surface area contributed by atoms with Gasteiger partial charge in [0.05, 0.1) is 0 Å². The number of nitrogens with one attached hydrogen (secondary N) is 1.